The van der Waals surface area contributed by atoms with E-state index in [0.717, 1.165) is 48.4 Å². The zero-order valence-corrected chi connectivity index (χ0v) is 17.7. The SMILES string of the molecule is CC#CC(=O)N(c1ccc2c(n1)c(=O)[nH]n2C)c1cc(C)c(C)cc1N1CCCC1. The maximum absolute atomic E-state index is 13.1. The van der Waals surface area contributed by atoms with Crippen molar-refractivity contribution in [3.05, 3.63) is 45.7 Å². The topological polar surface area (TPSA) is 74.2 Å². The normalized spacial score (nSPS) is 13.4. The van der Waals surface area contributed by atoms with Crippen molar-refractivity contribution in [3.63, 3.8) is 0 Å². The van der Waals surface area contributed by atoms with Crippen LogP contribution < -0.4 is 15.4 Å². The van der Waals surface area contributed by atoms with Crippen molar-refractivity contribution < 1.29 is 4.79 Å². The highest BCUT2D eigenvalue weighted by atomic mass is 16.2. The molecule has 3 heterocycles. The third-order valence-corrected chi connectivity index (χ3v) is 5.65. The van der Waals surface area contributed by atoms with Crippen LogP contribution in [0.3, 0.4) is 0 Å². The third-order valence-electron chi connectivity index (χ3n) is 5.65. The first-order valence-corrected chi connectivity index (χ1v) is 10.1. The fourth-order valence-corrected chi connectivity index (χ4v) is 3.95. The molecule has 4 rings (SSSR count). The number of carbonyl (C=O) groups is 1. The lowest BCUT2D eigenvalue weighted by Gasteiger charge is -2.28. The molecule has 154 valence electrons. The molecule has 2 aromatic heterocycles. The first-order valence-electron chi connectivity index (χ1n) is 10.1. The highest BCUT2D eigenvalue weighted by Gasteiger charge is 2.26. The quantitative estimate of drug-likeness (QED) is 0.682. The molecule has 0 saturated carbocycles. The number of amides is 1. The second-order valence-corrected chi connectivity index (χ2v) is 7.67. The number of aromatic amines is 1. The molecule has 30 heavy (non-hydrogen) atoms. The monoisotopic (exact) mass is 403 g/mol. The number of H-pyrrole nitrogens is 1. The van der Waals surface area contributed by atoms with Crippen LogP contribution in [0.4, 0.5) is 17.2 Å². The molecule has 7 nitrogen and oxygen atoms in total. The summed E-state index contributed by atoms with van der Waals surface area (Å²) in [6.45, 7) is 7.63. The summed E-state index contributed by atoms with van der Waals surface area (Å²) in [7, 11) is 1.76. The van der Waals surface area contributed by atoms with Gasteiger partial charge in [-0.3, -0.25) is 24.3 Å². The van der Waals surface area contributed by atoms with E-state index in [2.05, 4.69) is 39.8 Å². The molecule has 3 aromatic rings. The smallest absolute Gasteiger partial charge is 0.308 e. The number of anilines is 3. The van der Waals surface area contributed by atoms with E-state index < -0.39 is 0 Å². The van der Waals surface area contributed by atoms with Crippen LogP contribution in [0.5, 0.6) is 0 Å². The predicted molar refractivity (Wildman–Crippen MR) is 119 cm³/mol. The van der Waals surface area contributed by atoms with Gasteiger partial charge in [0.25, 0.3) is 5.56 Å². The molecule has 0 radical (unpaired) electrons. The molecule has 1 aliphatic rings. The van der Waals surface area contributed by atoms with E-state index in [1.165, 1.54) is 4.90 Å². The molecule has 1 aliphatic heterocycles. The average molecular weight is 403 g/mol. The van der Waals surface area contributed by atoms with Gasteiger partial charge in [0, 0.05) is 20.1 Å². The van der Waals surface area contributed by atoms with Crippen LogP contribution in [-0.4, -0.2) is 33.8 Å². The maximum Gasteiger partial charge on any atom is 0.308 e. The number of benzene rings is 1. The summed E-state index contributed by atoms with van der Waals surface area (Å²) in [6, 6.07) is 7.70. The van der Waals surface area contributed by atoms with E-state index in [0.29, 0.717) is 16.9 Å². The van der Waals surface area contributed by atoms with E-state index in [1.807, 2.05) is 13.0 Å². The molecule has 1 aromatic carbocycles. The number of hydrogen-bond donors (Lipinski definition) is 1. The number of nitrogens with one attached hydrogen (secondary N) is 1. The summed E-state index contributed by atoms with van der Waals surface area (Å²) >= 11 is 0. The Morgan fingerprint density at radius 2 is 1.87 bits per heavy atom. The highest BCUT2D eigenvalue weighted by molar-refractivity contribution is 6.12. The number of aromatic nitrogens is 3. The average Bonchev–Trinajstić information content (AvgIpc) is 3.34. The largest absolute Gasteiger partial charge is 0.370 e. The standard InChI is InChI=1S/C23H25N5O2/c1-5-8-21(29)28(20-10-9-17-22(24-20)23(30)25-26(17)4)19-14-16(3)15(2)13-18(19)27-11-6-7-12-27/h9-10,13-14H,6-7,11-12H2,1-4H3,(H,25,30). The van der Waals surface area contributed by atoms with E-state index in [4.69, 9.17) is 0 Å². The summed E-state index contributed by atoms with van der Waals surface area (Å²) < 4.78 is 1.62. The van der Waals surface area contributed by atoms with Gasteiger partial charge in [-0.15, -0.1) is 0 Å². The molecular weight excluding hydrogens is 378 g/mol. The highest BCUT2D eigenvalue weighted by Crippen LogP contribution is 2.38. The van der Waals surface area contributed by atoms with Gasteiger partial charge in [0.05, 0.1) is 16.9 Å². The van der Waals surface area contributed by atoms with Crippen LogP contribution >= 0.6 is 0 Å². The van der Waals surface area contributed by atoms with Gasteiger partial charge < -0.3 is 4.90 Å². The number of nitrogens with zero attached hydrogens (tertiary/aromatic N) is 4. The van der Waals surface area contributed by atoms with Crippen molar-refractivity contribution in [2.45, 2.75) is 33.6 Å². The maximum atomic E-state index is 13.1. The van der Waals surface area contributed by atoms with Gasteiger partial charge >= 0.3 is 5.91 Å². The van der Waals surface area contributed by atoms with Crippen LogP contribution in [0, 0.1) is 25.7 Å². The number of hydrogen-bond acceptors (Lipinski definition) is 4. The summed E-state index contributed by atoms with van der Waals surface area (Å²) in [5, 5.41) is 2.71. The minimum atomic E-state index is -0.375. The summed E-state index contributed by atoms with van der Waals surface area (Å²) in [5.41, 5.74) is 4.66. The van der Waals surface area contributed by atoms with Gasteiger partial charge in [-0.25, -0.2) is 4.98 Å². The van der Waals surface area contributed by atoms with Crippen LogP contribution in [0.15, 0.2) is 29.1 Å². The summed E-state index contributed by atoms with van der Waals surface area (Å²) in [5.74, 6) is 5.36. The Morgan fingerprint density at radius 3 is 2.57 bits per heavy atom. The van der Waals surface area contributed by atoms with Crippen LogP contribution in [0.25, 0.3) is 11.0 Å². The lowest BCUT2D eigenvalue weighted by Crippen LogP contribution is -2.29. The van der Waals surface area contributed by atoms with Crippen LogP contribution in [0.2, 0.25) is 0 Å². The molecular formula is C23H25N5O2. The van der Waals surface area contributed by atoms with E-state index in [-0.39, 0.29) is 11.5 Å². The number of fused-ring (bicyclic) bond motifs is 1. The summed E-state index contributed by atoms with van der Waals surface area (Å²) in [4.78, 5) is 33.8. The van der Waals surface area contributed by atoms with Crippen molar-refractivity contribution in [2.24, 2.45) is 7.05 Å². The third kappa shape index (κ3) is 3.35. The Labute approximate surface area is 175 Å². The molecule has 1 fully saturated rings. The summed E-state index contributed by atoms with van der Waals surface area (Å²) in [6.07, 6.45) is 2.25. The first-order chi connectivity index (χ1) is 14.4. The lowest BCUT2D eigenvalue weighted by atomic mass is 10.1. The Balaban J connectivity index is 1.95. The lowest BCUT2D eigenvalue weighted by molar-refractivity contribution is -0.112. The Morgan fingerprint density at radius 1 is 1.17 bits per heavy atom. The van der Waals surface area contributed by atoms with Gasteiger partial charge in [-0.1, -0.05) is 5.92 Å². The Bertz CT molecular complexity index is 1250. The minimum Gasteiger partial charge on any atom is -0.370 e. The van der Waals surface area contributed by atoms with Gasteiger partial charge in [-0.2, -0.15) is 0 Å². The van der Waals surface area contributed by atoms with E-state index in [1.54, 1.807) is 30.8 Å². The first kappa shape index (κ1) is 19.8. The Kier molecular flexibility index (Phi) is 5.08. The molecule has 1 N–H and O–H groups in total. The number of aryl methyl sites for hydroxylation is 3. The van der Waals surface area contributed by atoms with Crippen molar-refractivity contribution in [3.8, 4) is 11.8 Å². The van der Waals surface area contributed by atoms with E-state index in [9.17, 15) is 9.59 Å². The number of rotatable bonds is 3. The molecule has 0 spiro atoms. The van der Waals surface area contributed by atoms with Gasteiger partial charge in [0.15, 0.2) is 5.52 Å². The van der Waals surface area contributed by atoms with Crippen LogP contribution in [0.1, 0.15) is 30.9 Å². The fraction of sp³-hybridized carbons (Fsp3) is 0.348. The zero-order valence-electron chi connectivity index (χ0n) is 17.7. The molecule has 0 bridgehead atoms. The zero-order chi connectivity index (χ0) is 21.4. The van der Waals surface area contributed by atoms with Gasteiger partial charge in [-0.05, 0) is 74.9 Å². The molecule has 0 unspecified atom stereocenters. The number of carbonyl (C=O) groups excluding carboxylic acids is 1. The minimum absolute atomic E-state index is 0.289. The second kappa shape index (κ2) is 7.71. The van der Waals surface area contributed by atoms with Crippen molar-refractivity contribution in [1.82, 2.24) is 14.8 Å². The number of pyridine rings is 1. The molecule has 1 amide bonds. The van der Waals surface area contributed by atoms with Gasteiger partial charge in [0.1, 0.15) is 5.82 Å². The van der Waals surface area contributed by atoms with E-state index >= 15 is 0 Å². The van der Waals surface area contributed by atoms with Crippen molar-refractivity contribution in [1.29, 1.82) is 0 Å². The molecule has 0 atom stereocenters. The van der Waals surface area contributed by atoms with Crippen LogP contribution in [-0.2, 0) is 11.8 Å². The second-order valence-electron chi connectivity index (χ2n) is 7.67. The fourth-order valence-electron chi connectivity index (χ4n) is 3.95. The van der Waals surface area contributed by atoms with Crippen molar-refractivity contribution >= 4 is 34.1 Å². The van der Waals surface area contributed by atoms with Crippen molar-refractivity contribution in [2.75, 3.05) is 22.9 Å². The van der Waals surface area contributed by atoms with Gasteiger partial charge in [0.2, 0.25) is 0 Å². The molecule has 0 aliphatic carbocycles. The predicted octanol–water partition coefficient (Wildman–Crippen LogP) is 3.17. The molecule has 7 heteroatoms. The molecule has 1 saturated heterocycles. The Hall–Kier alpha value is -3.53.